The molecule has 1 amide bonds. The van der Waals surface area contributed by atoms with E-state index in [1.807, 2.05) is 18.2 Å². The predicted molar refractivity (Wildman–Crippen MR) is 125 cm³/mol. The highest BCUT2D eigenvalue weighted by molar-refractivity contribution is 7.21. The third-order valence-corrected chi connectivity index (χ3v) is 6.76. The van der Waals surface area contributed by atoms with Crippen molar-refractivity contribution >= 4 is 33.1 Å². The van der Waals surface area contributed by atoms with Crippen molar-refractivity contribution < 1.29 is 4.79 Å². The molecule has 3 heterocycles. The number of thiophene rings is 1. The van der Waals surface area contributed by atoms with Gasteiger partial charge in [0.25, 0.3) is 5.91 Å². The Hall–Kier alpha value is -2.44. The number of nitrogens with one attached hydrogen (secondary N) is 1. The molecule has 1 aromatic carbocycles. The van der Waals surface area contributed by atoms with Crippen LogP contribution in [0.3, 0.4) is 0 Å². The van der Waals surface area contributed by atoms with Gasteiger partial charge >= 0.3 is 0 Å². The highest BCUT2D eigenvalue weighted by Gasteiger charge is 2.24. The molecule has 6 heteroatoms. The number of pyridine rings is 1. The first-order chi connectivity index (χ1) is 14.5. The first-order valence-electron chi connectivity index (χ1n) is 10.7. The van der Waals surface area contributed by atoms with Gasteiger partial charge in [-0.2, -0.15) is 0 Å². The van der Waals surface area contributed by atoms with Gasteiger partial charge in [0.05, 0.1) is 5.69 Å². The smallest absolute Gasteiger partial charge is 0.263 e. The van der Waals surface area contributed by atoms with Crippen LogP contribution >= 0.6 is 11.3 Å². The van der Waals surface area contributed by atoms with Gasteiger partial charge in [-0.25, -0.2) is 4.98 Å². The van der Waals surface area contributed by atoms with Crippen molar-refractivity contribution in [3.05, 3.63) is 58.6 Å². The lowest BCUT2D eigenvalue weighted by Gasteiger charge is -2.32. The molecule has 1 aliphatic heterocycles. The molecule has 1 aliphatic rings. The molecule has 0 spiro atoms. The molecule has 0 bridgehead atoms. The van der Waals surface area contributed by atoms with Crippen molar-refractivity contribution in [2.75, 3.05) is 18.8 Å². The normalized spacial score (nSPS) is 15.7. The molecule has 0 atom stereocenters. The third kappa shape index (κ3) is 4.82. The van der Waals surface area contributed by atoms with Crippen LogP contribution in [0.2, 0.25) is 0 Å². The van der Waals surface area contributed by atoms with E-state index in [0.717, 1.165) is 54.8 Å². The molecule has 0 aliphatic carbocycles. The van der Waals surface area contributed by atoms with Gasteiger partial charge in [0, 0.05) is 36.8 Å². The van der Waals surface area contributed by atoms with E-state index >= 15 is 0 Å². The van der Waals surface area contributed by atoms with E-state index in [-0.39, 0.29) is 11.9 Å². The molecular weight excluding hydrogens is 392 g/mol. The number of benzene rings is 1. The maximum Gasteiger partial charge on any atom is 0.263 e. The lowest BCUT2D eigenvalue weighted by Crippen LogP contribution is -2.44. The van der Waals surface area contributed by atoms with Crippen LogP contribution in [0.25, 0.3) is 10.2 Å². The highest BCUT2D eigenvalue weighted by atomic mass is 32.1. The van der Waals surface area contributed by atoms with Crippen LogP contribution in [0.15, 0.2) is 42.5 Å². The van der Waals surface area contributed by atoms with E-state index in [0.29, 0.717) is 16.5 Å². The van der Waals surface area contributed by atoms with Crippen LogP contribution in [-0.2, 0) is 13.0 Å². The summed E-state index contributed by atoms with van der Waals surface area (Å²) in [5.74, 6) is 0.477. The number of likely N-dealkylation sites (tertiary alicyclic amines) is 1. The number of hydrogen-bond donors (Lipinski definition) is 2. The number of amides is 1. The van der Waals surface area contributed by atoms with Crippen LogP contribution < -0.4 is 11.1 Å². The van der Waals surface area contributed by atoms with Gasteiger partial charge in [-0.1, -0.05) is 44.2 Å². The average molecular weight is 423 g/mol. The fraction of sp³-hybridized carbons (Fsp3) is 0.417. The number of nitrogen functional groups attached to an aromatic ring is 1. The first kappa shape index (κ1) is 20.8. The summed E-state index contributed by atoms with van der Waals surface area (Å²) >= 11 is 1.41. The molecule has 3 N–H and O–H groups in total. The van der Waals surface area contributed by atoms with Gasteiger partial charge in [-0.3, -0.25) is 9.69 Å². The number of carbonyl (C=O) groups excluding carboxylic acids is 1. The Balaban J connectivity index is 1.37. The summed E-state index contributed by atoms with van der Waals surface area (Å²) < 4.78 is 0. The average Bonchev–Trinajstić information content (AvgIpc) is 3.06. The minimum absolute atomic E-state index is 0.0672. The van der Waals surface area contributed by atoms with Crippen molar-refractivity contribution in [3.8, 4) is 0 Å². The van der Waals surface area contributed by atoms with E-state index in [9.17, 15) is 4.79 Å². The van der Waals surface area contributed by atoms with Crippen molar-refractivity contribution in [2.24, 2.45) is 5.92 Å². The van der Waals surface area contributed by atoms with Crippen LogP contribution in [0.4, 0.5) is 5.69 Å². The molecule has 5 nitrogen and oxygen atoms in total. The Labute approximate surface area is 182 Å². The van der Waals surface area contributed by atoms with E-state index in [1.165, 1.54) is 16.9 Å². The SMILES string of the molecule is CC(C)Cc1ccc2c(N)c(C(=O)NC3CCN(Cc4ccccc4)CC3)sc2n1. The van der Waals surface area contributed by atoms with Gasteiger partial charge in [0.1, 0.15) is 9.71 Å². The Bertz CT molecular complexity index is 1010. The van der Waals surface area contributed by atoms with Gasteiger partial charge in [-0.15, -0.1) is 11.3 Å². The number of nitrogens with two attached hydrogens (primary N) is 1. The summed E-state index contributed by atoms with van der Waals surface area (Å²) in [6.45, 7) is 7.30. The second-order valence-electron chi connectivity index (χ2n) is 8.61. The van der Waals surface area contributed by atoms with E-state index < -0.39 is 0 Å². The third-order valence-electron chi connectivity index (χ3n) is 5.65. The zero-order chi connectivity index (χ0) is 21.1. The Morgan fingerprint density at radius 2 is 1.93 bits per heavy atom. The molecular formula is C24H30N4OS. The molecule has 30 heavy (non-hydrogen) atoms. The standard InChI is InChI=1S/C24H30N4OS/c1-16(2)14-19-8-9-20-21(25)22(30-24(20)27-19)23(29)26-18-10-12-28(13-11-18)15-17-6-4-3-5-7-17/h3-9,16,18H,10-15,25H2,1-2H3,(H,26,29). The predicted octanol–water partition coefficient (Wildman–Crippen LogP) is 4.47. The topological polar surface area (TPSA) is 71.2 Å². The summed E-state index contributed by atoms with van der Waals surface area (Å²) in [6, 6.07) is 14.8. The van der Waals surface area contributed by atoms with Gasteiger partial charge in [-0.05, 0) is 42.9 Å². The number of anilines is 1. The van der Waals surface area contributed by atoms with E-state index in [1.54, 1.807) is 0 Å². The van der Waals surface area contributed by atoms with E-state index in [2.05, 4.69) is 48.3 Å². The van der Waals surface area contributed by atoms with Gasteiger partial charge in [0.15, 0.2) is 0 Å². The van der Waals surface area contributed by atoms with Gasteiger partial charge < -0.3 is 11.1 Å². The highest BCUT2D eigenvalue weighted by Crippen LogP contribution is 2.33. The summed E-state index contributed by atoms with van der Waals surface area (Å²) in [6.07, 6.45) is 2.84. The number of aromatic nitrogens is 1. The molecule has 2 aromatic heterocycles. The van der Waals surface area contributed by atoms with Crippen LogP contribution in [0.1, 0.15) is 47.6 Å². The second kappa shape index (κ2) is 9.14. The van der Waals surface area contributed by atoms with Gasteiger partial charge in [0.2, 0.25) is 0 Å². The van der Waals surface area contributed by atoms with Crippen molar-refractivity contribution in [2.45, 2.75) is 45.7 Å². The van der Waals surface area contributed by atoms with Crippen molar-refractivity contribution in [3.63, 3.8) is 0 Å². The number of carbonyl (C=O) groups is 1. The molecule has 0 radical (unpaired) electrons. The van der Waals surface area contributed by atoms with Crippen molar-refractivity contribution in [1.82, 2.24) is 15.2 Å². The lowest BCUT2D eigenvalue weighted by molar-refractivity contribution is 0.0914. The van der Waals surface area contributed by atoms with Crippen molar-refractivity contribution in [1.29, 1.82) is 0 Å². The summed E-state index contributed by atoms with van der Waals surface area (Å²) in [5.41, 5.74) is 9.25. The summed E-state index contributed by atoms with van der Waals surface area (Å²) in [5, 5.41) is 4.09. The van der Waals surface area contributed by atoms with Crippen LogP contribution in [0, 0.1) is 5.92 Å². The fourth-order valence-corrected chi connectivity index (χ4v) is 5.08. The molecule has 1 fully saturated rings. The number of fused-ring (bicyclic) bond motifs is 1. The fourth-order valence-electron chi connectivity index (χ4n) is 4.06. The molecule has 3 aromatic rings. The number of piperidine rings is 1. The monoisotopic (exact) mass is 422 g/mol. The zero-order valence-electron chi connectivity index (χ0n) is 17.7. The Morgan fingerprint density at radius 1 is 1.20 bits per heavy atom. The van der Waals surface area contributed by atoms with E-state index in [4.69, 9.17) is 10.7 Å². The second-order valence-corrected chi connectivity index (χ2v) is 9.61. The molecule has 0 unspecified atom stereocenters. The lowest BCUT2D eigenvalue weighted by atomic mass is 10.0. The minimum atomic E-state index is -0.0672. The largest absolute Gasteiger partial charge is 0.397 e. The molecule has 0 saturated carbocycles. The Morgan fingerprint density at radius 3 is 2.63 bits per heavy atom. The summed E-state index contributed by atoms with van der Waals surface area (Å²) in [4.78, 5) is 21.5. The minimum Gasteiger partial charge on any atom is -0.397 e. The van der Waals surface area contributed by atoms with Crippen LogP contribution in [-0.4, -0.2) is 34.9 Å². The summed E-state index contributed by atoms with van der Waals surface area (Å²) in [7, 11) is 0. The van der Waals surface area contributed by atoms with Crippen LogP contribution in [0.5, 0.6) is 0 Å². The quantitative estimate of drug-likeness (QED) is 0.615. The molecule has 158 valence electrons. The first-order valence-corrected chi connectivity index (χ1v) is 11.6. The maximum atomic E-state index is 12.9. The zero-order valence-corrected chi connectivity index (χ0v) is 18.5. The number of rotatable bonds is 6. The molecule has 4 rings (SSSR count). The number of nitrogens with zero attached hydrogens (tertiary/aromatic N) is 2. The maximum absolute atomic E-state index is 12.9. The number of hydrogen-bond acceptors (Lipinski definition) is 5. The molecule has 1 saturated heterocycles. The Kier molecular flexibility index (Phi) is 6.35.